The van der Waals surface area contributed by atoms with Crippen LogP contribution in [0.25, 0.3) is 5.53 Å². The highest BCUT2D eigenvalue weighted by molar-refractivity contribution is 8.15. The second-order valence-electron chi connectivity index (χ2n) is 8.75. The summed E-state index contributed by atoms with van der Waals surface area (Å²) in [7, 11) is 1.16. The number of rotatable bonds is 9. The third-order valence-electron chi connectivity index (χ3n) is 5.22. The molecule has 0 spiro atoms. The maximum absolute atomic E-state index is 13.2. The van der Waals surface area contributed by atoms with Gasteiger partial charge in [0.05, 0.1) is 5.41 Å². The first-order chi connectivity index (χ1) is 17.5. The molecule has 0 saturated carbocycles. The average molecular weight is 533 g/mol. The highest BCUT2D eigenvalue weighted by Gasteiger charge is 2.69. The number of methoxy groups -OCH3 is 1. The Labute approximate surface area is 215 Å². The molecule has 0 aliphatic carbocycles. The fraction of sp³-hybridized carbons (Fsp3) is 0.391. The lowest BCUT2D eigenvalue weighted by Gasteiger charge is -2.54. The number of nitrogens with zero attached hydrogens (tertiary/aromatic N) is 3. The van der Waals surface area contributed by atoms with Crippen molar-refractivity contribution in [3.63, 3.8) is 0 Å². The topological polar surface area (TPSA) is 174 Å². The first-order valence-electron chi connectivity index (χ1n) is 10.8. The van der Waals surface area contributed by atoms with Crippen LogP contribution in [-0.4, -0.2) is 76.4 Å². The van der Waals surface area contributed by atoms with Crippen LogP contribution < -0.4 is 10.1 Å². The fourth-order valence-corrected chi connectivity index (χ4v) is 4.60. The van der Waals surface area contributed by atoms with Gasteiger partial charge in [0.2, 0.25) is 6.79 Å². The Balaban J connectivity index is 1.80. The lowest BCUT2D eigenvalue weighted by molar-refractivity contribution is -0.194. The van der Waals surface area contributed by atoms with E-state index >= 15 is 0 Å². The summed E-state index contributed by atoms with van der Waals surface area (Å²) < 4.78 is 20.6. The summed E-state index contributed by atoms with van der Waals surface area (Å²) in [6, 6.07) is 8.48. The molecule has 14 heteroatoms. The maximum atomic E-state index is 13.2. The highest BCUT2D eigenvalue weighted by atomic mass is 32.2. The van der Waals surface area contributed by atoms with Gasteiger partial charge >= 0.3 is 17.0 Å². The Morgan fingerprint density at radius 2 is 1.89 bits per heavy atom. The molecule has 2 amide bonds. The van der Waals surface area contributed by atoms with Crippen LogP contribution in [0.5, 0.6) is 5.75 Å². The molecule has 3 rings (SSSR count). The zero-order chi connectivity index (χ0) is 27.4. The van der Waals surface area contributed by atoms with Gasteiger partial charge in [-0.25, -0.2) is 4.79 Å². The lowest BCUT2D eigenvalue weighted by atomic mass is 9.97. The second kappa shape index (κ2) is 10.9. The van der Waals surface area contributed by atoms with Gasteiger partial charge in [-0.05, 0) is 44.7 Å². The quantitative estimate of drug-likeness (QED) is 0.118. The number of ether oxygens (including phenoxy) is 4. The van der Waals surface area contributed by atoms with Crippen molar-refractivity contribution >= 4 is 46.8 Å². The van der Waals surface area contributed by atoms with Gasteiger partial charge in [0.25, 0.3) is 17.5 Å². The van der Waals surface area contributed by atoms with Crippen LogP contribution >= 0.6 is 11.8 Å². The van der Waals surface area contributed by atoms with E-state index in [1.807, 2.05) is 0 Å². The Kier molecular flexibility index (Phi) is 8.16. The molecule has 0 aromatic heterocycles. The van der Waals surface area contributed by atoms with Gasteiger partial charge in [0, 0.05) is 7.11 Å². The van der Waals surface area contributed by atoms with Crippen LogP contribution in [-0.2, 0) is 38.2 Å². The van der Waals surface area contributed by atoms with Crippen molar-refractivity contribution in [2.24, 2.45) is 5.41 Å². The summed E-state index contributed by atoms with van der Waals surface area (Å²) in [6.07, 6.45) is 0.211. The normalized spacial score (nSPS) is 20.8. The van der Waals surface area contributed by atoms with Crippen molar-refractivity contribution in [1.29, 1.82) is 0 Å². The molecule has 1 saturated heterocycles. The SMILES string of the molecule is COC1(NC(=O)COc2ccccc2)C(=O)N2C(C(=O)OCOC(=O)C(C)(C)C)=C(C=O)C(=[N+]=[N-])S[C@H]21. The van der Waals surface area contributed by atoms with Gasteiger partial charge in [-0.3, -0.25) is 24.1 Å². The molecule has 1 N–H and O–H groups in total. The van der Waals surface area contributed by atoms with Crippen LogP contribution in [0.2, 0.25) is 0 Å². The molecule has 2 aliphatic heterocycles. The number of hydrogen-bond acceptors (Lipinski definition) is 10. The molecule has 2 atom stereocenters. The molecule has 2 heterocycles. The molecule has 2 aliphatic rings. The predicted molar refractivity (Wildman–Crippen MR) is 126 cm³/mol. The average Bonchev–Trinajstić information content (AvgIpc) is 2.88. The number of thioether (sulfide) groups is 1. The fourth-order valence-electron chi connectivity index (χ4n) is 3.34. The molecule has 1 fully saturated rings. The van der Waals surface area contributed by atoms with E-state index in [2.05, 4.69) is 10.1 Å². The number of benzene rings is 1. The standard InChI is InChI=1S/C23H24N4O9S/c1-22(2,3)21(32)36-12-35-18(30)16-14(10-28)17(26-24)37-20-23(33-4,19(31)27(16)20)25-15(29)11-34-13-8-6-5-7-9-13/h5-10,20H,11-12H2,1-4H3,(H,25,29)/t20-,23?/m0/s1. The van der Waals surface area contributed by atoms with Crippen molar-refractivity contribution in [3.8, 4) is 5.75 Å². The lowest BCUT2D eigenvalue weighted by Crippen LogP contribution is -2.81. The number of aldehydes is 1. The summed E-state index contributed by atoms with van der Waals surface area (Å²) in [6.45, 7) is 3.54. The monoisotopic (exact) mass is 532 g/mol. The van der Waals surface area contributed by atoms with E-state index in [9.17, 15) is 29.5 Å². The number of esters is 2. The molecule has 0 radical (unpaired) electrons. The smallest absolute Gasteiger partial charge is 0.364 e. The number of para-hydroxylation sites is 1. The van der Waals surface area contributed by atoms with E-state index in [1.165, 1.54) is 0 Å². The Bertz CT molecular complexity index is 1200. The van der Waals surface area contributed by atoms with Gasteiger partial charge in [0.15, 0.2) is 24.0 Å². The van der Waals surface area contributed by atoms with Gasteiger partial charge in [-0.15, -0.1) is 0 Å². The Morgan fingerprint density at radius 1 is 1.22 bits per heavy atom. The van der Waals surface area contributed by atoms with Crippen molar-refractivity contribution in [2.45, 2.75) is 31.9 Å². The molecule has 13 nitrogen and oxygen atoms in total. The minimum absolute atomic E-state index is 0.211. The summed E-state index contributed by atoms with van der Waals surface area (Å²) in [5.74, 6) is -3.05. The van der Waals surface area contributed by atoms with Crippen LogP contribution in [0.3, 0.4) is 0 Å². The molecular formula is C23H24N4O9S. The van der Waals surface area contributed by atoms with E-state index in [0.717, 1.165) is 12.0 Å². The number of carbonyl (C=O) groups excluding carboxylic acids is 5. The Hall–Kier alpha value is -4.00. The van der Waals surface area contributed by atoms with Crippen molar-refractivity contribution < 1.29 is 47.7 Å². The number of amides is 2. The predicted octanol–water partition coefficient (Wildman–Crippen LogP) is 0.611. The molecule has 196 valence electrons. The van der Waals surface area contributed by atoms with E-state index < -0.39 is 64.9 Å². The number of β-lactam (4-membered cyclic amide) rings is 1. The van der Waals surface area contributed by atoms with Crippen LogP contribution in [0.1, 0.15) is 20.8 Å². The molecule has 1 aromatic carbocycles. The summed E-state index contributed by atoms with van der Waals surface area (Å²) in [4.78, 5) is 66.3. The first kappa shape index (κ1) is 27.6. The largest absolute Gasteiger partial charge is 0.484 e. The number of carbonyl (C=O) groups is 5. The van der Waals surface area contributed by atoms with Crippen molar-refractivity contribution in [1.82, 2.24) is 10.2 Å². The maximum Gasteiger partial charge on any atom is 0.364 e. The minimum Gasteiger partial charge on any atom is -0.484 e. The third-order valence-corrected chi connectivity index (χ3v) is 6.51. The number of fused-ring (bicyclic) bond motifs is 1. The molecular weight excluding hydrogens is 508 g/mol. The van der Waals surface area contributed by atoms with Crippen LogP contribution in [0, 0.1) is 5.41 Å². The van der Waals surface area contributed by atoms with Crippen LogP contribution in [0.4, 0.5) is 0 Å². The zero-order valence-corrected chi connectivity index (χ0v) is 21.2. The van der Waals surface area contributed by atoms with Gasteiger partial charge in [-0.1, -0.05) is 18.2 Å². The molecule has 37 heavy (non-hydrogen) atoms. The van der Waals surface area contributed by atoms with E-state index in [4.69, 9.17) is 18.9 Å². The van der Waals surface area contributed by atoms with Crippen molar-refractivity contribution in [3.05, 3.63) is 47.1 Å². The molecule has 0 bridgehead atoms. The summed E-state index contributed by atoms with van der Waals surface area (Å²) in [5, 5.41) is 0.970. The van der Waals surface area contributed by atoms with E-state index in [0.29, 0.717) is 17.5 Å². The number of nitrogens with one attached hydrogen (secondary N) is 1. The molecule has 1 aromatic rings. The van der Waals surface area contributed by atoms with E-state index in [-0.39, 0.29) is 11.3 Å². The first-order valence-corrected chi connectivity index (χ1v) is 11.7. The van der Waals surface area contributed by atoms with Crippen molar-refractivity contribution in [2.75, 3.05) is 20.5 Å². The van der Waals surface area contributed by atoms with Gasteiger partial charge in [0.1, 0.15) is 11.3 Å². The summed E-state index contributed by atoms with van der Waals surface area (Å²) in [5.41, 5.74) is 5.62. The minimum atomic E-state index is -1.98. The van der Waals surface area contributed by atoms with Gasteiger partial charge in [-0.2, -0.15) is 4.79 Å². The highest BCUT2D eigenvalue weighted by Crippen LogP contribution is 2.47. The van der Waals surface area contributed by atoms with Gasteiger partial charge < -0.3 is 29.8 Å². The number of hydrogen-bond donors (Lipinski definition) is 1. The van der Waals surface area contributed by atoms with E-state index in [1.54, 1.807) is 51.1 Å². The second-order valence-corrected chi connectivity index (χ2v) is 9.82. The summed E-state index contributed by atoms with van der Waals surface area (Å²) >= 11 is 0.701. The third kappa shape index (κ3) is 5.40. The Morgan fingerprint density at radius 3 is 2.46 bits per heavy atom. The zero-order valence-electron chi connectivity index (χ0n) is 20.4. The molecule has 1 unspecified atom stereocenters. The van der Waals surface area contributed by atoms with Crippen LogP contribution in [0.15, 0.2) is 41.6 Å².